The summed E-state index contributed by atoms with van der Waals surface area (Å²) in [7, 11) is 0. The van der Waals surface area contributed by atoms with E-state index in [1.165, 1.54) is 12.0 Å². The average Bonchev–Trinajstić information content (AvgIpc) is 2.85. The highest BCUT2D eigenvalue weighted by atomic mass is 16.3. The smallest absolute Gasteiger partial charge is 0.115 e. The molecule has 5 rings (SSSR count). The summed E-state index contributed by atoms with van der Waals surface area (Å²) in [6, 6.07) is 19.3. The molecule has 2 aliphatic rings. The minimum Gasteiger partial charge on any atom is -0.395 e. The molecule has 5 nitrogen and oxygen atoms in total. The van der Waals surface area contributed by atoms with Gasteiger partial charge in [-0.25, -0.2) is 9.97 Å². The predicted molar refractivity (Wildman–Crippen MR) is 130 cm³/mol. The lowest BCUT2D eigenvalue weighted by atomic mass is 9.74. The molecule has 2 aromatic carbocycles. The quantitative estimate of drug-likeness (QED) is 0.634. The lowest BCUT2D eigenvalue weighted by Gasteiger charge is -2.57. The lowest BCUT2D eigenvalue weighted by molar-refractivity contribution is -0.0655. The third-order valence-corrected chi connectivity index (χ3v) is 6.89. The second-order valence-corrected chi connectivity index (χ2v) is 9.01. The Kier molecular flexibility index (Phi) is 6.78. The van der Waals surface area contributed by atoms with Crippen molar-refractivity contribution in [1.29, 1.82) is 0 Å². The number of nitrogens with zero attached hydrogens (tertiary/aromatic N) is 4. The first-order chi connectivity index (χ1) is 16.3. The SMILES string of the molecule is OC[C@@H]1[C@H](c2ccc(C#Cc3ccccc3)cc2)[C@H]2CN(Cc3cncnc3)CCCCN12. The summed E-state index contributed by atoms with van der Waals surface area (Å²) in [5.74, 6) is 6.83. The summed E-state index contributed by atoms with van der Waals surface area (Å²) >= 11 is 0. The molecule has 2 fully saturated rings. The predicted octanol–water partition coefficient (Wildman–Crippen LogP) is 3.30. The third kappa shape index (κ3) is 4.99. The fourth-order valence-corrected chi connectivity index (χ4v) is 5.28. The summed E-state index contributed by atoms with van der Waals surface area (Å²) in [5.41, 5.74) is 4.49. The highest BCUT2D eigenvalue weighted by Crippen LogP contribution is 2.42. The number of fused-ring (bicyclic) bond motifs is 1. The Balaban J connectivity index is 1.32. The van der Waals surface area contributed by atoms with Crippen LogP contribution in [0.4, 0.5) is 0 Å². The molecule has 0 unspecified atom stereocenters. The van der Waals surface area contributed by atoms with Crippen molar-refractivity contribution in [2.45, 2.75) is 37.4 Å². The molecule has 0 amide bonds. The van der Waals surface area contributed by atoms with Gasteiger partial charge in [0.1, 0.15) is 6.33 Å². The van der Waals surface area contributed by atoms with E-state index >= 15 is 0 Å². The van der Waals surface area contributed by atoms with Crippen LogP contribution in [-0.2, 0) is 6.54 Å². The molecule has 3 heterocycles. The van der Waals surface area contributed by atoms with E-state index < -0.39 is 0 Å². The van der Waals surface area contributed by atoms with Gasteiger partial charge in [-0.15, -0.1) is 0 Å². The summed E-state index contributed by atoms with van der Waals surface area (Å²) in [6.07, 6.45) is 7.74. The molecule has 3 atom stereocenters. The van der Waals surface area contributed by atoms with Gasteiger partial charge in [-0.2, -0.15) is 0 Å². The Morgan fingerprint density at radius 1 is 0.879 bits per heavy atom. The van der Waals surface area contributed by atoms with E-state index in [2.05, 4.69) is 55.9 Å². The van der Waals surface area contributed by atoms with E-state index in [1.54, 1.807) is 6.33 Å². The first-order valence-corrected chi connectivity index (χ1v) is 11.8. The summed E-state index contributed by atoms with van der Waals surface area (Å²) in [6.45, 7) is 4.21. The van der Waals surface area contributed by atoms with Crippen molar-refractivity contribution >= 4 is 0 Å². The van der Waals surface area contributed by atoms with Crippen molar-refractivity contribution in [3.63, 3.8) is 0 Å². The lowest BCUT2D eigenvalue weighted by Crippen LogP contribution is -2.67. The van der Waals surface area contributed by atoms with Crippen LogP contribution in [0, 0.1) is 11.8 Å². The number of aromatic nitrogens is 2. The van der Waals surface area contributed by atoms with Crippen LogP contribution >= 0.6 is 0 Å². The monoisotopic (exact) mass is 438 g/mol. The van der Waals surface area contributed by atoms with Crippen LogP contribution in [0.1, 0.15) is 41.0 Å². The summed E-state index contributed by atoms with van der Waals surface area (Å²) < 4.78 is 0. The minimum atomic E-state index is 0.191. The molecule has 5 heteroatoms. The molecule has 33 heavy (non-hydrogen) atoms. The van der Waals surface area contributed by atoms with Crippen molar-refractivity contribution in [3.05, 3.63) is 95.6 Å². The Hall–Kier alpha value is -3.04. The van der Waals surface area contributed by atoms with Crippen LogP contribution < -0.4 is 0 Å². The van der Waals surface area contributed by atoms with Gasteiger partial charge >= 0.3 is 0 Å². The molecule has 2 aliphatic heterocycles. The number of rotatable bonds is 4. The highest BCUT2D eigenvalue weighted by molar-refractivity contribution is 5.44. The Morgan fingerprint density at radius 2 is 1.58 bits per heavy atom. The van der Waals surface area contributed by atoms with Gasteiger partial charge in [0.15, 0.2) is 0 Å². The van der Waals surface area contributed by atoms with Gasteiger partial charge in [0.2, 0.25) is 0 Å². The molecule has 3 aromatic rings. The largest absolute Gasteiger partial charge is 0.395 e. The Morgan fingerprint density at radius 3 is 2.30 bits per heavy atom. The maximum absolute atomic E-state index is 10.2. The zero-order valence-electron chi connectivity index (χ0n) is 18.8. The average molecular weight is 439 g/mol. The summed E-state index contributed by atoms with van der Waals surface area (Å²) in [4.78, 5) is 13.4. The number of benzene rings is 2. The fraction of sp³-hybridized carbons (Fsp3) is 0.357. The van der Waals surface area contributed by atoms with Crippen molar-refractivity contribution in [3.8, 4) is 11.8 Å². The zero-order valence-corrected chi connectivity index (χ0v) is 18.8. The van der Waals surface area contributed by atoms with Gasteiger partial charge in [-0.3, -0.25) is 9.80 Å². The van der Waals surface area contributed by atoms with Gasteiger partial charge in [-0.05, 0) is 55.8 Å². The molecule has 0 bridgehead atoms. The molecule has 0 aliphatic carbocycles. The van der Waals surface area contributed by atoms with Crippen LogP contribution in [0.5, 0.6) is 0 Å². The fourth-order valence-electron chi connectivity index (χ4n) is 5.28. The van der Waals surface area contributed by atoms with E-state index in [1.807, 2.05) is 42.7 Å². The Bertz CT molecular complexity index is 1090. The standard InChI is InChI=1S/C28H30N4O/c33-20-27-28(25-12-10-23(11-13-25)9-8-22-6-2-1-3-7-22)26-19-31(14-4-5-15-32(26)27)18-24-16-29-21-30-17-24/h1-3,6-7,10-13,16-17,21,26-28,33H,4-5,14-15,18-20H2/t26-,27-,28-/m1/s1. The van der Waals surface area contributed by atoms with Gasteiger partial charge in [0.05, 0.1) is 6.61 Å². The number of hydrogen-bond acceptors (Lipinski definition) is 5. The third-order valence-electron chi connectivity index (χ3n) is 6.89. The number of aliphatic hydroxyl groups is 1. The zero-order chi connectivity index (χ0) is 22.5. The van der Waals surface area contributed by atoms with Gasteiger partial charge in [-0.1, -0.05) is 42.2 Å². The molecule has 0 radical (unpaired) electrons. The number of aliphatic hydroxyl groups excluding tert-OH is 1. The van der Waals surface area contributed by atoms with Crippen molar-refractivity contribution in [2.24, 2.45) is 0 Å². The van der Waals surface area contributed by atoms with E-state index in [-0.39, 0.29) is 12.6 Å². The van der Waals surface area contributed by atoms with E-state index in [0.29, 0.717) is 12.0 Å². The van der Waals surface area contributed by atoms with Crippen molar-refractivity contribution < 1.29 is 5.11 Å². The van der Waals surface area contributed by atoms with Crippen LogP contribution in [0.25, 0.3) is 0 Å². The van der Waals surface area contributed by atoms with E-state index in [9.17, 15) is 5.11 Å². The second-order valence-electron chi connectivity index (χ2n) is 9.01. The molecule has 168 valence electrons. The van der Waals surface area contributed by atoms with Gasteiger partial charge < -0.3 is 5.11 Å². The van der Waals surface area contributed by atoms with Crippen LogP contribution in [-0.4, -0.2) is 63.2 Å². The van der Waals surface area contributed by atoms with Crippen molar-refractivity contribution in [2.75, 3.05) is 26.2 Å². The van der Waals surface area contributed by atoms with Crippen LogP contribution in [0.3, 0.4) is 0 Å². The second kappa shape index (κ2) is 10.3. The molecular formula is C28H30N4O. The summed E-state index contributed by atoms with van der Waals surface area (Å²) in [5, 5.41) is 10.2. The van der Waals surface area contributed by atoms with Gasteiger partial charge in [0.25, 0.3) is 0 Å². The topological polar surface area (TPSA) is 52.5 Å². The van der Waals surface area contributed by atoms with Gasteiger partial charge in [0, 0.05) is 60.2 Å². The van der Waals surface area contributed by atoms with Crippen LogP contribution in [0.2, 0.25) is 0 Å². The molecule has 1 N–H and O–H groups in total. The normalized spacial score (nSPS) is 23.4. The molecule has 2 saturated heterocycles. The maximum Gasteiger partial charge on any atom is 0.115 e. The van der Waals surface area contributed by atoms with Crippen LogP contribution in [0.15, 0.2) is 73.3 Å². The first kappa shape index (κ1) is 21.8. The highest BCUT2D eigenvalue weighted by Gasteiger charge is 2.48. The molecule has 1 aromatic heterocycles. The minimum absolute atomic E-state index is 0.191. The Labute approximate surface area is 196 Å². The van der Waals surface area contributed by atoms with E-state index in [0.717, 1.165) is 49.3 Å². The molecular weight excluding hydrogens is 408 g/mol. The molecule has 0 spiro atoms. The first-order valence-electron chi connectivity index (χ1n) is 11.8. The van der Waals surface area contributed by atoms with Crippen molar-refractivity contribution in [1.82, 2.24) is 19.8 Å². The van der Waals surface area contributed by atoms with E-state index in [4.69, 9.17) is 0 Å². The molecule has 0 saturated carbocycles. The number of hydrogen-bond donors (Lipinski definition) is 1. The maximum atomic E-state index is 10.2.